The summed E-state index contributed by atoms with van der Waals surface area (Å²) in [4.78, 5) is 0.438. The zero-order valence-electron chi connectivity index (χ0n) is 5.17. The van der Waals surface area contributed by atoms with Crippen LogP contribution in [0.4, 0.5) is 0 Å². The van der Waals surface area contributed by atoms with E-state index >= 15 is 0 Å². The number of rotatable bonds is 1. The summed E-state index contributed by atoms with van der Waals surface area (Å²) in [5.74, 6) is 0. The van der Waals surface area contributed by atoms with Gasteiger partial charge in [0.1, 0.15) is 4.99 Å². The molecule has 0 saturated carbocycles. The van der Waals surface area contributed by atoms with E-state index in [1.165, 1.54) is 0 Å². The van der Waals surface area contributed by atoms with Crippen molar-refractivity contribution in [2.75, 3.05) is 0 Å². The zero-order valence-corrected chi connectivity index (χ0v) is 7.58. The van der Waals surface area contributed by atoms with Gasteiger partial charge >= 0.3 is 0 Å². The van der Waals surface area contributed by atoms with Gasteiger partial charge in [0.15, 0.2) is 0 Å². The highest BCUT2D eigenvalue weighted by Crippen LogP contribution is 2.09. The molecule has 0 atom stereocenters. The number of thiocarbonyl (C=S) groups is 1. The molecule has 0 spiro atoms. The highest BCUT2D eigenvalue weighted by Gasteiger charge is 1.92. The van der Waals surface area contributed by atoms with E-state index < -0.39 is 0 Å². The minimum atomic E-state index is 0.438. The largest absolute Gasteiger partial charge is 0.389 e. The van der Waals surface area contributed by atoms with Crippen LogP contribution in [0.3, 0.4) is 0 Å². The molecule has 0 unspecified atom stereocenters. The smallest absolute Gasteiger partial charge is 0.103 e. The number of halogens is 1. The van der Waals surface area contributed by atoms with Gasteiger partial charge in [0, 0.05) is 10.0 Å². The first-order valence-corrected chi connectivity index (χ1v) is 3.95. The molecule has 0 saturated heterocycles. The molecular formula is C7H6BrNS. The van der Waals surface area contributed by atoms with Crippen molar-refractivity contribution in [3.8, 4) is 0 Å². The summed E-state index contributed by atoms with van der Waals surface area (Å²) in [6.45, 7) is 0. The summed E-state index contributed by atoms with van der Waals surface area (Å²) in [5, 5.41) is 0. The number of benzene rings is 1. The van der Waals surface area contributed by atoms with Crippen LogP contribution < -0.4 is 5.73 Å². The Morgan fingerprint density at radius 2 is 1.80 bits per heavy atom. The van der Waals surface area contributed by atoms with E-state index in [1.54, 1.807) is 0 Å². The summed E-state index contributed by atoms with van der Waals surface area (Å²) in [6, 6.07) is 7.59. The van der Waals surface area contributed by atoms with Crippen molar-refractivity contribution in [2.24, 2.45) is 5.73 Å². The maximum Gasteiger partial charge on any atom is 0.103 e. The molecule has 0 radical (unpaired) electrons. The second kappa shape index (κ2) is 3.12. The lowest BCUT2D eigenvalue weighted by molar-refractivity contribution is 1.59. The van der Waals surface area contributed by atoms with Crippen molar-refractivity contribution >= 4 is 33.1 Å². The van der Waals surface area contributed by atoms with Crippen LogP contribution >= 0.6 is 28.1 Å². The Bertz CT molecular complexity index is 242. The zero-order chi connectivity index (χ0) is 7.56. The standard InChI is InChI=1S/C7H6BrNS/c8-6-3-1-5(2-4-6)7(9)10/h1-4H,(H2,9,10). The Morgan fingerprint density at radius 3 is 2.20 bits per heavy atom. The minimum absolute atomic E-state index is 0.438. The summed E-state index contributed by atoms with van der Waals surface area (Å²) < 4.78 is 1.03. The summed E-state index contributed by atoms with van der Waals surface area (Å²) in [6.07, 6.45) is 0. The third kappa shape index (κ3) is 1.78. The van der Waals surface area contributed by atoms with E-state index in [0.717, 1.165) is 10.0 Å². The van der Waals surface area contributed by atoms with Crippen LogP contribution in [0, 0.1) is 0 Å². The van der Waals surface area contributed by atoms with Crippen LogP contribution in [-0.2, 0) is 0 Å². The fourth-order valence-electron chi connectivity index (χ4n) is 0.614. The Labute approximate surface area is 73.4 Å². The summed E-state index contributed by atoms with van der Waals surface area (Å²) in [5.41, 5.74) is 6.28. The topological polar surface area (TPSA) is 26.0 Å². The van der Waals surface area contributed by atoms with Crippen LogP contribution in [0.25, 0.3) is 0 Å². The van der Waals surface area contributed by atoms with E-state index in [-0.39, 0.29) is 0 Å². The number of hydrogen-bond acceptors (Lipinski definition) is 1. The maximum absolute atomic E-state index is 5.38. The van der Waals surface area contributed by atoms with Gasteiger partial charge in [-0.05, 0) is 12.1 Å². The average molecular weight is 216 g/mol. The van der Waals surface area contributed by atoms with Gasteiger partial charge in [-0.15, -0.1) is 0 Å². The fourth-order valence-corrected chi connectivity index (χ4v) is 1.01. The predicted octanol–water partition coefficient (Wildman–Crippen LogP) is 2.08. The van der Waals surface area contributed by atoms with E-state index in [9.17, 15) is 0 Å². The van der Waals surface area contributed by atoms with Gasteiger partial charge in [-0.1, -0.05) is 40.3 Å². The van der Waals surface area contributed by atoms with Gasteiger partial charge in [-0.3, -0.25) is 0 Å². The lowest BCUT2D eigenvalue weighted by Gasteiger charge is -1.95. The van der Waals surface area contributed by atoms with Crippen LogP contribution in [0.15, 0.2) is 28.7 Å². The molecule has 0 bridgehead atoms. The number of hydrogen-bond donors (Lipinski definition) is 1. The molecule has 52 valence electrons. The second-order valence-electron chi connectivity index (χ2n) is 1.87. The molecular weight excluding hydrogens is 210 g/mol. The van der Waals surface area contributed by atoms with Crippen molar-refractivity contribution in [3.63, 3.8) is 0 Å². The molecule has 10 heavy (non-hydrogen) atoms. The quantitative estimate of drug-likeness (QED) is 0.727. The van der Waals surface area contributed by atoms with Gasteiger partial charge < -0.3 is 5.73 Å². The number of nitrogens with two attached hydrogens (primary N) is 1. The highest BCUT2D eigenvalue weighted by molar-refractivity contribution is 9.10. The summed E-state index contributed by atoms with van der Waals surface area (Å²) in [7, 11) is 0. The van der Waals surface area contributed by atoms with Crippen LogP contribution in [-0.4, -0.2) is 4.99 Å². The van der Waals surface area contributed by atoms with Gasteiger partial charge in [-0.25, -0.2) is 0 Å². The lowest BCUT2D eigenvalue weighted by Crippen LogP contribution is -2.08. The average Bonchev–Trinajstić information content (AvgIpc) is 1.88. The molecule has 0 aliphatic heterocycles. The molecule has 2 N–H and O–H groups in total. The maximum atomic E-state index is 5.38. The van der Waals surface area contributed by atoms with Gasteiger partial charge in [0.05, 0.1) is 0 Å². The van der Waals surface area contributed by atoms with Gasteiger partial charge in [0.25, 0.3) is 0 Å². The molecule has 0 aliphatic rings. The van der Waals surface area contributed by atoms with Crippen molar-refractivity contribution in [1.29, 1.82) is 0 Å². The molecule has 1 rings (SSSR count). The predicted molar refractivity (Wildman–Crippen MR) is 50.0 cm³/mol. The third-order valence-corrected chi connectivity index (χ3v) is 1.89. The van der Waals surface area contributed by atoms with E-state index in [2.05, 4.69) is 15.9 Å². The summed E-state index contributed by atoms with van der Waals surface area (Å²) >= 11 is 8.08. The van der Waals surface area contributed by atoms with Crippen molar-refractivity contribution in [2.45, 2.75) is 0 Å². The SMILES string of the molecule is NC(=S)c1ccc(Br)cc1. The molecule has 1 nitrogen and oxygen atoms in total. The minimum Gasteiger partial charge on any atom is -0.389 e. The molecule has 0 heterocycles. The Morgan fingerprint density at radius 1 is 1.30 bits per heavy atom. The van der Waals surface area contributed by atoms with E-state index in [4.69, 9.17) is 18.0 Å². The van der Waals surface area contributed by atoms with E-state index in [0.29, 0.717) is 4.99 Å². The van der Waals surface area contributed by atoms with Gasteiger partial charge in [-0.2, -0.15) is 0 Å². The molecule has 0 fully saturated rings. The first kappa shape index (κ1) is 7.69. The molecule has 0 aromatic heterocycles. The Kier molecular flexibility index (Phi) is 2.40. The van der Waals surface area contributed by atoms with Crippen molar-refractivity contribution in [3.05, 3.63) is 34.3 Å². The second-order valence-corrected chi connectivity index (χ2v) is 3.23. The van der Waals surface area contributed by atoms with E-state index in [1.807, 2.05) is 24.3 Å². The third-order valence-electron chi connectivity index (χ3n) is 1.13. The van der Waals surface area contributed by atoms with Crippen molar-refractivity contribution < 1.29 is 0 Å². The lowest BCUT2D eigenvalue weighted by atomic mass is 10.2. The fraction of sp³-hybridized carbons (Fsp3) is 0. The normalized spacial score (nSPS) is 9.30. The van der Waals surface area contributed by atoms with Crippen molar-refractivity contribution in [1.82, 2.24) is 0 Å². The Hall–Kier alpha value is -0.410. The highest BCUT2D eigenvalue weighted by atomic mass is 79.9. The first-order chi connectivity index (χ1) is 4.70. The monoisotopic (exact) mass is 215 g/mol. The van der Waals surface area contributed by atoms with Crippen LogP contribution in [0.1, 0.15) is 5.56 Å². The Balaban J connectivity index is 3.00. The molecule has 1 aromatic rings. The van der Waals surface area contributed by atoms with Crippen LogP contribution in [0.5, 0.6) is 0 Å². The first-order valence-electron chi connectivity index (χ1n) is 2.75. The molecule has 0 amide bonds. The van der Waals surface area contributed by atoms with Gasteiger partial charge in [0.2, 0.25) is 0 Å². The van der Waals surface area contributed by atoms with Crippen LogP contribution in [0.2, 0.25) is 0 Å². The molecule has 1 aromatic carbocycles. The molecule has 0 aliphatic carbocycles. The molecule has 3 heteroatoms.